The van der Waals surface area contributed by atoms with Gasteiger partial charge in [0.2, 0.25) is 5.91 Å². The molecule has 0 aliphatic carbocycles. The highest BCUT2D eigenvalue weighted by molar-refractivity contribution is 7.18. The molecule has 1 aromatic heterocycles. The van der Waals surface area contributed by atoms with Gasteiger partial charge in [0.05, 0.1) is 9.21 Å². The summed E-state index contributed by atoms with van der Waals surface area (Å²) in [5.74, 6) is -0.415. The number of Topliss-reactive ketones (excluding diaryl/α,β-unsaturated/α-hetero) is 1. The van der Waals surface area contributed by atoms with Crippen LogP contribution in [0, 0.1) is 0 Å². The van der Waals surface area contributed by atoms with E-state index in [0.717, 1.165) is 0 Å². The van der Waals surface area contributed by atoms with Crippen molar-refractivity contribution >= 4 is 34.6 Å². The fourth-order valence-electron chi connectivity index (χ4n) is 1.94. The Morgan fingerprint density at radius 3 is 2.67 bits per heavy atom. The van der Waals surface area contributed by atoms with Crippen LogP contribution in [0.4, 0.5) is 8.78 Å². The molecule has 0 saturated heterocycles. The van der Waals surface area contributed by atoms with Crippen molar-refractivity contribution in [2.75, 3.05) is 0 Å². The van der Waals surface area contributed by atoms with Gasteiger partial charge in [-0.1, -0.05) is 23.7 Å². The Morgan fingerprint density at radius 1 is 1.21 bits per heavy atom. The molecule has 0 bridgehead atoms. The highest BCUT2D eigenvalue weighted by Crippen LogP contribution is 2.23. The molecule has 8 heteroatoms. The Labute approximate surface area is 146 Å². The van der Waals surface area contributed by atoms with Crippen LogP contribution in [0.25, 0.3) is 0 Å². The van der Waals surface area contributed by atoms with Crippen molar-refractivity contribution in [3.8, 4) is 5.75 Å². The number of halogens is 3. The zero-order valence-corrected chi connectivity index (χ0v) is 14.0. The number of benzene rings is 1. The second-order valence-electron chi connectivity index (χ2n) is 4.83. The van der Waals surface area contributed by atoms with Crippen LogP contribution in [0.1, 0.15) is 28.1 Å². The van der Waals surface area contributed by atoms with Crippen molar-refractivity contribution in [1.29, 1.82) is 0 Å². The lowest BCUT2D eigenvalue weighted by atomic mass is 10.1. The smallest absolute Gasteiger partial charge is 0.387 e. The first-order valence-corrected chi connectivity index (χ1v) is 8.22. The molecule has 1 aromatic carbocycles. The molecule has 1 amide bonds. The number of thiophene rings is 1. The molecule has 0 aliphatic rings. The number of rotatable bonds is 8. The normalized spacial score (nSPS) is 10.7. The van der Waals surface area contributed by atoms with Crippen molar-refractivity contribution in [3.05, 3.63) is 51.2 Å². The minimum Gasteiger partial charge on any atom is -0.435 e. The van der Waals surface area contributed by atoms with E-state index < -0.39 is 6.61 Å². The number of ether oxygens (including phenoxy) is 1. The van der Waals surface area contributed by atoms with Crippen LogP contribution >= 0.6 is 22.9 Å². The maximum atomic E-state index is 12.2. The van der Waals surface area contributed by atoms with Crippen molar-refractivity contribution in [2.45, 2.75) is 26.0 Å². The molecule has 0 atom stereocenters. The third-order valence-corrected chi connectivity index (χ3v) is 4.31. The Bertz CT molecular complexity index is 721. The van der Waals surface area contributed by atoms with Gasteiger partial charge in [0.25, 0.3) is 0 Å². The number of alkyl halides is 2. The molecule has 0 unspecified atom stereocenters. The molecule has 0 spiro atoms. The molecule has 24 heavy (non-hydrogen) atoms. The summed E-state index contributed by atoms with van der Waals surface area (Å²) in [6, 6.07) is 9.32. The van der Waals surface area contributed by atoms with E-state index in [2.05, 4.69) is 10.1 Å². The highest BCUT2D eigenvalue weighted by atomic mass is 35.5. The van der Waals surface area contributed by atoms with Crippen LogP contribution in [0.15, 0.2) is 36.4 Å². The van der Waals surface area contributed by atoms with Crippen molar-refractivity contribution in [3.63, 3.8) is 0 Å². The summed E-state index contributed by atoms with van der Waals surface area (Å²) >= 11 is 6.93. The predicted molar refractivity (Wildman–Crippen MR) is 87.8 cm³/mol. The Balaban J connectivity index is 1.78. The van der Waals surface area contributed by atoms with Crippen molar-refractivity contribution in [2.24, 2.45) is 0 Å². The molecule has 0 aliphatic heterocycles. The maximum absolute atomic E-state index is 12.2. The molecule has 128 valence electrons. The van der Waals surface area contributed by atoms with Crippen LogP contribution in [-0.4, -0.2) is 18.3 Å². The summed E-state index contributed by atoms with van der Waals surface area (Å²) in [6.07, 6.45) is 0.124. The van der Waals surface area contributed by atoms with Crippen LogP contribution in [0.5, 0.6) is 5.75 Å². The summed E-state index contributed by atoms with van der Waals surface area (Å²) in [6.45, 7) is -2.73. The molecular formula is C16H14ClF2NO3S. The van der Waals surface area contributed by atoms with E-state index in [0.29, 0.717) is 14.8 Å². The SMILES string of the molecule is O=C(CCC(=O)c1ccc(Cl)s1)NCc1cccc(OC(F)F)c1. The second-order valence-corrected chi connectivity index (χ2v) is 6.54. The van der Waals surface area contributed by atoms with Gasteiger partial charge in [-0.05, 0) is 29.8 Å². The lowest BCUT2D eigenvalue weighted by Gasteiger charge is -2.08. The van der Waals surface area contributed by atoms with Gasteiger partial charge in [-0.2, -0.15) is 8.78 Å². The van der Waals surface area contributed by atoms with E-state index in [1.54, 1.807) is 24.3 Å². The van der Waals surface area contributed by atoms with E-state index in [1.807, 2.05) is 0 Å². The molecule has 2 aromatic rings. The second kappa shape index (κ2) is 8.75. The van der Waals surface area contributed by atoms with Crippen LogP contribution in [-0.2, 0) is 11.3 Å². The van der Waals surface area contributed by atoms with Gasteiger partial charge in [0, 0.05) is 19.4 Å². The third-order valence-electron chi connectivity index (χ3n) is 3.04. The van der Waals surface area contributed by atoms with Crippen LogP contribution in [0.2, 0.25) is 4.34 Å². The fraction of sp³-hybridized carbons (Fsp3) is 0.250. The van der Waals surface area contributed by atoms with Crippen molar-refractivity contribution < 1.29 is 23.1 Å². The predicted octanol–water partition coefficient (Wildman–Crippen LogP) is 4.28. The maximum Gasteiger partial charge on any atom is 0.387 e. The number of amides is 1. The molecular weight excluding hydrogens is 360 g/mol. The molecule has 1 N–H and O–H groups in total. The largest absolute Gasteiger partial charge is 0.435 e. The standard InChI is InChI=1S/C16H14ClF2NO3S/c17-14-6-5-13(24-14)12(21)4-7-15(22)20-9-10-2-1-3-11(8-10)23-16(18)19/h1-3,5-6,8,16H,4,7,9H2,(H,20,22). The van der Waals surface area contributed by atoms with E-state index in [1.165, 1.54) is 23.5 Å². The van der Waals surface area contributed by atoms with Crippen molar-refractivity contribution in [1.82, 2.24) is 5.32 Å². The molecule has 0 radical (unpaired) electrons. The first-order valence-electron chi connectivity index (χ1n) is 7.03. The first kappa shape index (κ1) is 18.4. The number of hydrogen-bond donors (Lipinski definition) is 1. The Morgan fingerprint density at radius 2 is 2.00 bits per heavy atom. The number of hydrogen-bond acceptors (Lipinski definition) is 4. The monoisotopic (exact) mass is 373 g/mol. The number of carbonyl (C=O) groups excluding carboxylic acids is 2. The average Bonchev–Trinajstić information content (AvgIpc) is 2.97. The summed E-state index contributed by atoms with van der Waals surface area (Å²) in [5, 5.41) is 2.63. The fourth-order valence-corrected chi connectivity index (χ4v) is 2.95. The van der Waals surface area contributed by atoms with Gasteiger partial charge >= 0.3 is 6.61 Å². The summed E-state index contributed by atoms with van der Waals surface area (Å²) in [7, 11) is 0. The molecule has 2 rings (SSSR count). The molecule has 0 fully saturated rings. The number of nitrogens with one attached hydrogen (secondary N) is 1. The van der Waals surface area contributed by atoms with E-state index in [9.17, 15) is 18.4 Å². The zero-order valence-electron chi connectivity index (χ0n) is 12.4. The highest BCUT2D eigenvalue weighted by Gasteiger charge is 2.11. The minimum atomic E-state index is -2.90. The van der Waals surface area contributed by atoms with Gasteiger partial charge in [-0.25, -0.2) is 0 Å². The summed E-state index contributed by atoms with van der Waals surface area (Å²) in [5.41, 5.74) is 0.623. The third kappa shape index (κ3) is 5.90. The van der Waals surface area contributed by atoms with Gasteiger partial charge in [0.1, 0.15) is 5.75 Å². The van der Waals surface area contributed by atoms with Gasteiger partial charge in [-0.3, -0.25) is 9.59 Å². The van der Waals surface area contributed by atoms with Gasteiger partial charge < -0.3 is 10.1 Å². The summed E-state index contributed by atoms with van der Waals surface area (Å²) < 4.78 is 29.1. The average molecular weight is 374 g/mol. The first-order chi connectivity index (χ1) is 11.4. The van der Waals surface area contributed by atoms with Gasteiger partial charge in [0.15, 0.2) is 5.78 Å². The Hall–Kier alpha value is -1.99. The van der Waals surface area contributed by atoms with E-state index >= 15 is 0 Å². The van der Waals surface area contributed by atoms with E-state index in [-0.39, 0.29) is 36.8 Å². The summed E-state index contributed by atoms with van der Waals surface area (Å²) in [4.78, 5) is 24.2. The Kier molecular flexibility index (Phi) is 6.69. The topological polar surface area (TPSA) is 55.4 Å². The van der Waals surface area contributed by atoms with Gasteiger partial charge in [-0.15, -0.1) is 11.3 Å². The van der Waals surface area contributed by atoms with Crippen LogP contribution in [0.3, 0.4) is 0 Å². The molecule has 4 nitrogen and oxygen atoms in total. The lowest BCUT2D eigenvalue weighted by Crippen LogP contribution is -2.23. The van der Waals surface area contributed by atoms with Crippen LogP contribution < -0.4 is 10.1 Å². The number of ketones is 1. The molecule has 0 saturated carbocycles. The minimum absolute atomic E-state index is 0.0292. The molecule has 1 heterocycles. The zero-order chi connectivity index (χ0) is 17.5. The lowest BCUT2D eigenvalue weighted by molar-refractivity contribution is -0.121. The van der Waals surface area contributed by atoms with E-state index in [4.69, 9.17) is 11.6 Å². The number of carbonyl (C=O) groups is 2. The quantitative estimate of drug-likeness (QED) is 0.702.